The first-order valence-electron chi connectivity index (χ1n) is 10.1. The fraction of sp³-hybridized carbons (Fsp3) is 0.320. The van der Waals surface area contributed by atoms with Crippen LogP contribution in [0.3, 0.4) is 0 Å². The maximum absolute atomic E-state index is 12.5. The quantitative estimate of drug-likeness (QED) is 0.516. The zero-order chi connectivity index (χ0) is 20.1. The summed E-state index contributed by atoms with van der Waals surface area (Å²) in [7, 11) is 0. The second-order valence-corrected chi connectivity index (χ2v) is 9.02. The highest BCUT2D eigenvalue weighted by molar-refractivity contribution is 6.05. The lowest BCUT2D eigenvalue weighted by Gasteiger charge is -2.27. The van der Waals surface area contributed by atoms with Crippen molar-refractivity contribution in [2.45, 2.75) is 45.8 Å². The lowest BCUT2D eigenvalue weighted by Crippen LogP contribution is -2.19. The number of fused-ring (bicyclic) bond motifs is 8. The highest BCUT2D eigenvalue weighted by Crippen LogP contribution is 2.70. The molecule has 2 aromatic carbocycles. The third kappa shape index (κ3) is 2.12. The standard InChI is InChI=1S/C25H22O4/c1-12-10-16-21-18(15(11-17(26)28-21)14-8-6-5-7-9-14)23-19(22(16)27-13(12)2)20-24(29-23)25(20,3)4/h5-11,13,20,24H,1-4H3. The summed E-state index contributed by atoms with van der Waals surface area (Å²) in [5.74, 6) is 1.93. The first kappa shape index (κ1) is 16.9. The number of ether oxygens (including phenoxy) is 2. The normalized spacial score (nSPS) is 25.4. The molecular weight excluding hydrogens is 364 g/mol. The van der Waals surface area contributed by atoms with E-state index >= 15 is 0 Å². The van der Waals surface area contributed by atoms with E-state index in [4.69, 9.17) is 13.9 Å². The van der Waals surface area contributed by atoms with Gasteiger partial charge in [-0.25, -0.2) is 4.79 Å². The summed E-state index contributed by atoms with van der Waals surface area (Å²) in [5.41, 5.74) is 5.18. The van der Waals surface area contributed by atoms with Crippen LogP contribution in [0.4, 0.5) is 0 Å². The average Bonchev–Trinajstić information content (AvgIpc) is 3.03. The van der Waals surface area contributed by atoms with Gasteiger partial charge in [0.15, 0.2) is 5.58 Å². The van der Waals surface area contributed by atoms with Crippen molar-refractivity contribution in [3.05, 3.63) is 63.5 Å². The van der Waals surface area contributed by atoms with Gasteiger partial charge < -0.3 is 13.9 Å². The minimum Gasteiger partial charge on any atom is -0.488 e. The molecular formula is C25H22O4. The summed E-state index contributed by atoms with van der Waals surface area (Å²) in [4.78, 5) is 12.5. The van der Waals surface area contributed by atoms with Crippen LogP contribution in [0.25, 0.3) is 28.2 Å². The molecule has 3 aliphatic rings. The minimum atomic E-state index is -0.369. The molecule has 1 fully saturated rings. The summed E-state index contributed by atoms with van der Waals surface area (Å²) in [5, 5.41) is 0.870. The molecule has 6 rings (SSSR count). The highest BCUT2D eigenvalue weighted by Gasteiger charge is 2.67. The van der Waals surface area contributed by atoms with Gasteiger partial charge in [-0.1, -0.05) is 44.2 Å². The molecule has 2 aliphatic heterocycles. The van der Waals surface area contributed by atoms with Crippen molar-refractivity contribution in [3.8, 4) is 22.6 Å². The van der Waals surface area contributed by atoms with Gasteiger partial charge in [-0.05, 0) is 31.1 Å². The Balaban J connectivity index is 1.78. The van der Waals surface area contributed by atoms with Gasteiger partial charge in [-0.2, -0.15) is 0 Å². The Bertz CT molecular complexity index is 1280. The van der Waals surface area contributed by atoms with Crippen molar-refractivity contribution in [3.63, 3.8) is 0 Å². The summed E-state index contributed by atoms with van der Waals surface area (Å²) in [6.45, 7) is 8.57. The molecule has 1 aromatic heterocycles. The van der Waals surface area contributed by atoms with Crippen LogP contribution in [0.15, 0.2) is 51.2 Å². The topological polar surface area (TPSA) is 48.7 Å². The fourth-order valence-corrected chi connectivity index (χ4v) is 4.98. The molecule has 3 aromatic rings. The van der Waals surface area contributed by atoms with E-state index in [0.717, 1.165) is 44.7 Å². The molecule has 0 N–H and O–H groups in total. The lowest BCUT2D eigenvalue weighted by atomic mass is 9.90. The van der Waals surface area contributed by atoms with E-state index < -0.39 is 0 Å². The van der Waals surface area contributed by atoms with Crippen LogP contribution in [0, 0.1) is 5.41 Å². The van der Waals surface area contributed by atoms with Crippen LogP contribution < -0.4 is 15.1 Å². The molecule has 3 heterocycles. The summed E-state index contributed by atoms with van der Waals surface area (Å²) in [6.07, 6.45) is 2.22. The molecule has 0 radical (unpaired) electrons. The monoisotopic (exact) mass is 386 g/mol. The minimum absolute atomic E-state index is 0.0195. The van der Waals surface area contributed by atoms with Crippen molar-refractivity contribution < 1.29 is 13.9 Å². The van der Waals surface area contributed by atoms with E-state index in [1.54, 1.807) is 6.07 Å². The molecule has 4 heteroatoms. The molecule has 0 amide bonds. The molecule has 0 saturated heterocycles. The van der Waals surface area contributed by atoms with Crippen LogP contribution >= 0.6 is 0 Å². The summed E-state index contributed by atoms with van der Waals surface area (Å²) >= 11 is 0. The van der Waals surface area contributed by atoms with Crippen LogP contribution in [-0.2, 0) is 0 Å². The lowest BCUT2D eigenvalue weighted by molar-refractivity contribution is 0.245. The first-order chi connectivity index (χ1) is 13.9. The second kappa shape index (κ2) is 5.32. The zero-order valence-corrected chi connectivity index (χ0v) is 16.9. The van der Waals surface area contributed by atoms with Gasteiger partial charge in [0.1, 0.15) is 23.7 Å². The maximum Gasteiger partial charge on any atom is 0.336 e. The molecule has 0 bridgehead atoms. The van der Waals surface area contributed by atoms with E-state index in [1.165, 1.54) is 0 Å². The van der Waals surface area contributed by atoms with Gasteiger partial charge in [-0.3, -0.25) is 0 Å². The largest absolute Gasteiger partial charge is 0.488 e. The highest BCUT2D eigenvalue weighted by atomic mass is 16.5. The Kier molecular flexibility index (Phi) is 3.10. The summed E-state index contributed by atoms with van der Waals surface area (Å²) in [6, 6.07) is 11.5. The zero-order valence-electron chi connectivity index (χ0n) is 16.9. The van der Waals surface area contributed by atoms with Gasteiger partial charge in [0, 0.05) is 28.5 Å². The van der Waals surface area contributed by atoms with Crippen molar-refractivity contribution in [1.29, 1.82) is 0 Å². The molecule has 3 unspecified atom stereocenters. The van der Waals surface area contributed by atoms with Crippen LogP contribution in [-0.4, -0.2) is 12.2 Å². The van der Waals surface area contributed by atoms with Crippen LogP contribution in [0.5, 0.6) is 11.5 Å². The predicted octanol–water partition coefficient (Wildman–Crippen LogP) is 5.53. The molecule has 1 saturated carbocycles. The molecule has 3 atom stereocenters. The Hall–Kier alpha value is -3.01. The molecule has 1 aliphatic carbocycles. The number of rotatable bonds is 1. The van der Waals surface area contributed by atoms with Crippen molar-refractivity contribution >= 4 is 17.0 Å². The van der Waals surface area contributed by atoms with Gasteiger partial charge in [-0.15, -0.1) is 0 Å². The van der Waals surface area contributed by atoms with Gasteiger partial charge in [0.2, 0.25) is 0 Å². The van der Waals surface area contributed by atoms with E-state index in [0.29, 0.717) is 11.5 Å². The number of benzene rings is 2. The molecule has 0 spiro atoms. The van der Waals surface area contributed by atoms with Gasteiger partial charge in [0.25, 0.3) is 0 Å². The van der Waals surface area contributed by atoms with E-state index in [9.17, 15) is 4.79 Å². The fourth-order valence-electron chi connectivity index (χ4n) is 4.98. The Morgan fingerprint density at radius 2 is 1.79 bits per heavy atom. The van der Waals surface area contributed by atoms with E-state index in [1.807, 2.05) is 44.2 Å². The van der Waals surface area contributed by atoms with Crippen LogP contribution in [0.2, 0.25) is 0 Å². The van der Waals surface area contributed by atoms with Crippen molar-refractivity contribution in [1.82, 2.24) is 0 Å². The second-order valence-electron chi connectivity index (χ2n) is 9.02. The predicted molar refractivity (Wildman–Crippen MR) is 113 cm³/mol. The molecule has 146 valence electrons. The smallest absolute Gasteiger partial charge is 0.336 e. The Labute approximate surface area is 168 Å². The summed E-state index contributed by atoms with van der Waals surface area (Å²) < 4.78 is 18.6. The Morgan fingerprint density at radius 1 is 1.03 bits per heavy atom. The maximum atomic E-state index is 12.5. The first-order valence-corrected chi connectivity index (χ1v) is 10.1. The average molecular weight is 386 g/mol. The van der Waals surface area contributed by atoms with Crippen molar-refractivity contribution in [2.24, 2.45) is 5.41 Å². The molecule has 29 heavy (non-hydrogen) atoms. The van der Waals surface area contributed by atoms with Gasteiger partial charge in [0.05, 0.1) is 10.9 Å². The van der Waals surface area contributed by atoms with Gasteiger partial charge >= 0.3 is 5.63 Å². The third-order valence-electron chi connectivity index (χ3n) is 6.84. The third-order valence-corrected chi connectivity index (χ3v) is 6.84. The number of hydrogen-bond acceptors (Lipinski definition) is 4. The number of hydrogen-bond donors (Lipinski definition) is 0. The van der Waals surface area contributed by atoms with Crippen LogP contribution in [0.1, 0.15) is 44.7 Å². The van der Waals surface area contributed by atoms with E-state index in [2.05, 4.69) is 19.9 Å². The van der Waals surface area contributed by atoms with Crippen molar-refractivity contribution in [2.75, 3.05) is 0 Å². The molecule has 4 nitrogen and oxygen atoms in total. The SMILES string of the molecule is CC1=Cc2c(c3c(c4c(-c5ccccc5)cc(=O)oc24)OC2C3C2(C)C)OC1C. The Morgan fingerprint density at radius 3 is 2.55 bits per heavy atom. The van der Waals surface area contributed by atoms with E-state index in [-0.39, 0.29) is 23.2 Å².